The van der Waals surface area contributed by atoms with E-state index in [0.29, 0.717) is 26.2 Å². The second kappa shape index (κ2) is 8.51. The summed E-state index contributed by atoms with van der Waals surface area (Å²) < 4.78 is 18.1. The molecule has 0 atom stereocenters. The maximum Gasteiger partial charge on any atom is 0.338 e. The number of ether oxygens (including phenoxy) is 1. The molecule has 8 heteroatoms. The highest BCUT2D eigenvalue weighted by Crippen LogP contribution is 2.17. The van der Waals surface area contributed by atoms with Crippen molar-refractivity contribution in [2.45, 2.75) is 0 Å². The molecule has 1 fully saturated rings. The number of hydrogen-bond donors (Lipinski definition) is 1. The summed E-state index contributed by atoms with van der Waals surface area (Å²) in [5, 5.41) is 0. The summed E-state index contributed by atoms with van der Waals surface area (Å²) >= 11 is 0. The Morgan fingerprint density at radius 1 is 0.893 bits per heavy atom. The van der Waals surface area contributed by atoms with Gasteiger partial charge in [0.25, 0.3) is 5.91 Å². The second-order valence-electron chi connectivity index (χ2n) is 6.36. The molecule has 1 heterocycles. The molecule has 146 valence electrons. The largest absolute Gasteiger partial charge is 0.452 e. The molecular formula is C20H20FN3O4. The van der Waals surface area contributed by atoms with Crippen LogP contribution < -0.4 is 10.6 Å². The zero-order chi connectivity index (χ0) is 20.1. The number of benzene rings is 2. The Morgan fingerprint density at radius 3 is 2.04 bits per heavy atom. The molecule has 0 radical (unpaired) electrons. The Hall–Kier alpha value is -3.42. The van der Waals surface area contributed by atoms with Gasteiger partial charge in [-0.15, -0.1) is 0 Å². The van der Waals surface area contributed by atoms with Crippen LogP contribution in [-0.4, -0.2) is 55.5 Å². The summed E-state index contributed by atoms with van der Waals surface area (Å²) in [5.41, 5.74) is 6.57. The van der Waals surface area contributed by atoms with E-state index in [0.717, 1.165) is 5.69 Å². The number of carbonyl (C=O) groups excluding carboxylic acids is 3. The average Bonchev–Trinajstić information content (AvgIpc) is 2.72. The Balaban J connectivity index is 1.47. The summed E-state index contributed by atoms with van der Waals surface area (Å²) in [6.07, 6.45) is 0. The number of piperazine rings is 1. The second-order valence-corrected chi connectivity index (χ2v) is 6.36. The van der Waals surface area contributed by atoms with Crippen LogP contribution >= 0.6 is 0 Å². The Labute approximate surface area is 161 Å². The van der Waals surface area contributed by atoms with E-state index in [1.807, 2.05) is 0 Å². The number of amides is 2. The molecule has 0 aliphatic carbocycles. The Kier molecular flexibility index (Phi) is 5.88. The predicted octanol–water partition coefficient (Wildman–Crippen LogP) is 1.43. The first kappa shape index (κ1) is 19.3. The fourth-order valence-electron chi connectivity index (χ4n) is 2.94. The fraction of sp³-hybridized carbons (Fsp3) is 0.250. The van der Waals surface area contributed by atoms with E-state index in [-0.39, 0.29) is 29.5 Å². The van der Waals surface area contributed by atoms with Gasteiger partial charge >= 0.3 is 5.97 Å². The summed E-state index contributed by atoms with van der Waals surface area (Å²) in [4.78, 5) is 39.0. The summed E-state index contributed by atoms with van der Waals surface area (Å²) in [6.45, 7) is 1.84. The molecule has 2 aromatic rings. The molecule has 2 N–H and O–H groups in total. The first-order valence-electron chi connectivity index (χ1n) is 8.79. The van der Waals surface area contributed by atoms with E-state index in [2.05, 4.69) is 4.90 Å². The van der Waals surface area contributed by atoms with Gasteiger partial charge in [-0.2, -0.15) is 0 Å². The molecule has 1 aliphatic rings. The zero-order valence-electron chi connectivity index (χ0n) is 15.1. The van der Waals surface area contributed by atoms with Crippen molar-refractivity contribution in [1.29, 1.82) is 0 Å². The number of anilines is 1. The molecule has 0 unspecified atom stereocenters. The minimum absolute atomic E-state index is 0.235. The number of esters is 1. The third-order valence-corrected chi connectivity index (χ3v) is 4.56. The van der Waals surface area contributed by atoms with Crippen LogP contribution in [0.25, 0.3) is 0 Å². The van der Waals surface area contributed by atoms with Crippen LogP contribution in [0.2, 0.25) is 0 Å². The topological polar surface area (TPSA) is 92.9 Å². The lowest BCUT2D eigenvalue weighted by atomic mass is 10.1. The van der Waals surface area contributed by atoms with Crippen molar-refractivity contribution in [3.63, 3.8) is 0 Å². The summed E-state index contributed by atoms with van der Waals surface area (Å²) in [5.74, 6) is -1.80. The minimum Gasteiger partial charge on any atom is -0.452 e. The van der Waals surface area contributed by atoms with Crippen LogP contribution in [0.15, 0.2) is 48.5 Å². The van der Waals surface area contributed by atoms with E-state index >= 15 is 0 Å². The van der Waals surface area contributed by atoms with Crippen molar-refractivity contribution in [2.75, 3.05) is 37.7 Å². The molecule has 0 bridgehead atoms. The smallest absolute Gasteiger partial charge is 0.338 e. The van der Waals surface area contributed by atoms with Crippen molar-refractivity contribution in [3.8, 4) is 0 Å². The van der Waals surface area contributed by atoms with Crippen molar-refractivity contribution >= 4 is 23.5 Å². The molecule has 1 aliphatic heterocycles. The number of halogens is 1. The van der Waals surface area contributed by atoms with E-state index in [1.54, 1.807) is 17.0 Å². The molecule has 7 nitrogen and oxygen atoms in total. The van der Waals surface area contributed by atoms with E-state index < -0.39 is 11.9 Å². The first-order chi connectivity index (χ1) is 13.4. The van der Waals surface area contributed by atoms with Crippen molar-refractivity contribution in [2.24, 2.45) is 5.73 Å². The molecular weight excluding hydrogens is 365 g/mol. The maximum absolute atomic E-state index is 13.0. The Morgan fingerprint density at radius 2 is 1.46 bits per heavy atom. The van der Waals surface area contributed by atoms with Crippen LogP contribution in [-0.2, 0) is 9.53 Å². The molecule has 0 aromatic heterocycles. The van der Waals surface area contributed by atoms with Gasteiger partial charge in [0.2, 0.25) is 5.91 Å². The highest BCUT2D eigenvalue weighted by atomic mass is 19.1. The number of rotatable bonds is 5. The number of carbonyl (C=O) groups is 3. The lowest BCUT2D eigenvalue weighted by Gasteiger charge is -2.36. The molecule has 1 saturated heterocycles. The van der Waals surface area contributed by atoms with Gasteiger partial charge in [-0.1, -0.05) is 0 Å². The summed E-state index contributed by atoms with van der Waals surface area (Å²) in [7, 11) is 0. The van der Waals surface area contributed by atoms with E-state index in [9.17, 15) is 18.8 Å². The minimum atomic E-state index is -0.644. The predicted molar refractivity (Wildman–Crippen MR) is 100 cm³/mol. The highest BCUT2D eigenvalue weighted by molar-refractivity contribution is 5.95. The lowest BCUT2D eigenvalue weighted by Crippen LogP contribution is -2.49. The van der Waals surface area contributed by atoms with Gasteiger partial charge in [0, 0.05) is 37.4 Å². The van der Waals surface area contributed by atoms with Crippen molar-refractivity contribution in [1.82, 2.24) is 4.90 Å². The molecule has 28 heavy (non-hydrogen) atoms. The monoisotopic (exact) mass is 385 g/mol. The quantitative estimate of drug-likeness (QED) is 0.786. The molecule has 0 saturated carbocycles. The average molecular weight is 385 g/mol. The maximum atomic E-state index is 13.0. The zero-order valence-corrected chi connectivity index (χ0v) is 15.1. The van der Waals surface area contributed by atoms with Gasteiger partial charge in [0.1, 0.15) is 5.82 Å². The SMILES string of the molecule is NC(=O)c1ccc(C(=O)OCC(=O)N2CCN(c3ccc(F)cc3)CC2)cc1. The van der Waals surface area contributed by atoms with E-state index in [4.69, 9.17) is 10.5 Å². The Bertz CT molecular complexity index is 860. The first-order valence-corrected chi connectivity index (χ1v) is 8.79. The number of nitrogens with zero attached hydrogens (tertiary/aromatic N) is 2. The van der Waals surface area contributed by atoms with Crippen LogP contribution in [0, 0.1) is 5.82 Å². The van der Waals surface area contributed by atoms with Crippen LogP contribution in [0.3, 0.4) is 0 Å². The van der Waals surface area contributed by atoms with Crippen molar-refractivity contribution in [3.05, 3.63) is 65.5 Å². The van der Waals surface area contributed by atoms with Crippen molar-refractivity contribution < 1.29 is 23.5 Å². The van der Waals surface area contributed by atoms with Gasteiger partial charge in [0.05, 0.1) is 5.56 Å². The van der Waals surface area contributed by atoms with Gasteiger partial charge in [0.15, 0.2) is 6.61 Å². The fourth-order valence-corrected chi connectivity index (χ4v) is 2.94. The standard InChI is InChI=1S/C20H20FN3O4/c21-16-5-7-17(8-6-16)23-9-11-24(12-10-23)18(25)13-28-20(27)15-3-1-14(2-4-15)19(22)26/h1-8H,9-13H2,(H2,22,26). The van der Waals surface area contributed by atoms with Gasteiger partial charge in [-0.3, -0.25) is 9.59 Å². The number of nitrogens with two attached hydrogens (primary N) is 1. The van der Waals surface area contributed by atoms with E-state index in [1.165, 1.54) is 36.4 Å². The van der Waals surface area contributed by atoms with Gasteiger partial charge in [-0.25, -0.2) is 9.18 Å². The third kappa shape index (κ3) is 4.64. The number of hydrogen-bond acceptors (Lipinski definition) is 5. The van der Waals surface area contributed by atoms with Gasteiger partial charge in [-0.05, 0) is 48.5 Å². The third-order valence-electron chi connectivity index (χ3n) is 4.56. The lowest BCUT2D eigenvalue weighted by molar-refractivity contribution is -0.134. The summed E-state index contributed by atoms with van der Waals surface area (Å²) in [6, 6.07) is 11.9. The van der Waals surface area contributed by atoms with Crippen LogP contribution in [0.1, 0.15) is 20.7 Å². The van der Waals surface area contributed by atoms with Crippen LogP contribution in [0.4, 0.5) is 10.1 Å². The highest BCUT2D eigenvalue weighted by Gasteiger charge is 2.22. The molecule has 0 spiro atoms. The number of primary amides is 1. The van der Waals surface area contributed by atoms with Crippen LogP contribution in [0.5, 0.6) is 0 Å². The molecule has 2 amide bonds. The van der Waals surface area contributed by atoms with Gasteiger partial charge < -0.3 is 20.3 Å². The normalized spacial score (nSPS) is 13.9. The molecule has 2 aromatic carbocycles. The molecule has 3 rings (SSSR count).